The number of carbonyl (C=O) groups excluding carboxylic acids is 2. The van der Waals surface area contributed by atoms with Crippen molar-refractivity contribution in [1.82, 2.24) is 4.31 Å². The molecule has 3 rings (SSSR count). The molecule has 1 N–H and O–H groups in total. The van der Waals surface area contributed by atoms with Crippen LogP contribution in [0.25, 0.3) is 0 Å². The van der Waals surface area contributed by atoms with E-state index in [9.17, 15) is 18.0 Å². The lowest BCUT2D eigenvalue weighted by molar-refractivity contribution is -0.131. The molecule has 7 nitrogen and oxygen atoms in total. The summed E-state index contributed by atoms with van der Waals surface area (Å²) in [6, 6.07) is 12.3. The maximum atomic E-state index is 13.1. The van der Waals surface area contributed by atoms with E-state index in [1.165, 1.54) is 31.2 Å². The maximum absolute atomic E-state index is 13.1. The Hall–Kier alpha value is -2.71. The third kappa shape index (κ3) is 4.88. The summed E-state index contributed by atoms with van der Waals surface area (Å²) in [6.45, 7) is 5.18. The van der Waals surface area contributed by atoms with E-state index in [4.69, 9.17) is 4.74 Å². The van der Waals surface area contributed by atoms with Crippen LogP contribution in [0.1, 0.15) is 50.4 Å². The number of ether oxygens (including phenoxy) is 1. The predicted octanol–water partition coefficient (Wildman–Crippen LogP) is 3.82. The number of benzene rings is 2. The van der Waals surface area contributed by atoms with Crippen LogP contribution in [0.2, 0.25) is 0 Å². The average Bonchev–Trinajstić information content (AvgIpc) is 2.68. The van der Waals surface area contributed by atoms with Crippen LogP contribution < -0.4 is 10.1 Å². The molecule has 2 aromatic rings. The van der Waals surface area contributed by atoms with Crippen LogP contribution in [0.15, 0.2) is 53.4 Å². The van der Waals surface area contributed by atoms with Crippen molar-refractivity contribution in [2.45, 2.75) is 57.0 Å². The quantitative estimate of drug-likeness (QED) is 0.575. The van der Waals surface area contributed by atoms with Gasteiger partial charge in [-0.25, -0.2) is 8.42 Å². The second kappa shape index (κ2) is 8.97. The Bertz CT molecular complexity index is 1010. The van der Waals surface area contributed by atoms with Gasteiger partial charge in [-0.05, 0) is 75.2 Å². The topological polar surface area (TPSA) is 92.8 Å². The van der Waals surface area contributed by atoms with E-state index in [0.717, 1.165) is 19.3 Å². The number of carbonyl (C=O) groups is 2. The number of hydrogen-bond acceptors (Lipinski definition) is 5. The Kier molecular flexibility index (Phi) is 6.58. The van der Waals surface area contributed by atoms with E-state index in [1.54, 1.807) is 28.6 Å². The molecule has 1 aliphatic rings. The van der Waals surface area contributed by atoms with E-state index in [2.05, 4.69) is 5.32 Å². The molecule has 0 aliphatic carbocycles. The summed E-state index contributed by atoms with van der Waals surface area (Å²) in [6.07, 6.45) is 2.74. The van der Waals surface area contributed by atoms with Crippen molar-refractivity contribution in [3.63, 3.8) is 0 Å². The summed E-state index contributed by atoms with van der Waals surface area (Å²) in [5, 5.41) is 2.74. The SMILES string of the molecule is CC(=O)Oc1ccc(C(=O)Nc2ccc(S(=O)(=O)N3C(C)CCCC3C)cc2)cc1. The van der Waals surface area contributed by atoms with E-state index in [-0.39, 0.29) is 22.9 Å². The van der Waals surface area contributed by atoms with Crippen LogP contribution in [0.4, 0.5) is 5.69 Å². The third-order valence-electron chi connectivity index (χ3n) is 5.18. The number of hydrogen-bond donors (Lipinski definition) is 1. The van der Waals surface area contributed by atoms with Gasteiger partial charge in [-0.1, -0.05) is 6.42 Å². The van der Waals surface area contributed by atoms with Crippen LogP contribution >= 0.6 is 0 Å². The normalized spacial score (nSPS) is 19.8. The molecule has 160 valence electrons. The standard InChI is InChI=1S/C22H26N2O5S/c1-15-5-4-6-16(2)24(15)30(27,28)21-13-9-19(10-14-21)23-22(26)18-7-11-20(12-8-18)29-17(3)25/h7-16H,4-6H2,1-3H3,(H,23,26). The summed E-state index contributed by atoms with van der Waals surface area (Å²) in [4.78, 5) is 23.6. The highest BCUT2D eigenvalue weighted by Crippen LogP contribution is 2.30. The Morgan fingerprint density at radius 1 is 0.967 bits per heavy atom. The average molecular weight is 431 g/mol. The highest BCUT2D eigenvalue weighted by atomic mass is 32.2. The van der Waals surface area contributed by atoms with Crippen molar-refractivity contribution in [2.24, 2.45) is 0 Å². The predicted molar refractivity (Wildman–Crippen MR) is 114 cm³/mol. The van der Waals surface area contributed by atoms with Gasteiger partial charge >= 0.3 is 5.97 Å². The van der Waals surface area contributed by atoms with E-state index in [0.29, 0.717) is 17.0 Å². The zero-order valence-corrected chi connectivity index (χ0v) is 18.1. The van der Waals surface area contributed by atoms with Gasteiger partial charge in [0.15, 0.2) is 0 Å². The molecule has 0 saturated carbocycles. The minimum Gasteiger partial charge on any atom is -0.427 e. The second-order valence-electron chi connectivity index (χ2n) is 7.56. The Labute approximate surface area is 177 Å². The molecule has 1 fully saturated rings. The molecule has 0 spiro atoms. The van der Waals surface area contributed by atoms with E-state index in [1.807, 2.05) is 13.8 Å². The lowest BCUT2D eigenvalue weighted by Gasteiger charge is -2.37. The third-order valence-corrected chi connectivity index (χ3v) is 7.32. The number of nitrogens with one attached hydrogen (secondary N) is 1. The summed E-state index contributed by atoms with van der Waals surface area (Å²) in [5.41, 5.74) is 0.876. The first-order valence-corrected chi connectivity index (χ1v) is 11.4. The number of rotatable bonds is 5. The molecule has 1 amide bonds. The molecular weight excluding hydrogens is 404 g/mol. The highest BCUT2D eigenvalue weighted by molar-refractivity contribution is 7.89. The highest BCUT2D eigenvalue weighted by Gasteiger charge is 2.35. The van der Waals surface area contributed by atoms with E-state index >= 15 is 0 Å². The molecule has 0 aromatic heterocycles. The fourth-order valence-electron chi connectivity index (χ4n) is 3.75. The molecule has 2 aromatic carbocycles. The number of amides is 1. The molecule has 0 bridgehead atoms. The lowest BCUT2D eigenvalue weighted by Crippen LogP contribution is -2.47. The van der Waals surface area contributed by atoms with E-state index < -0.39 is 16.0 Å². The first kappa shape index (κ1) is 22.0. The van der Waals surface area contributed by atoms with Gasteiger partial charge in [0.05, 0.1) is 4.90 Å². The molecule has 1 aliphatic heterocycles. The van der Waals surface area contributed by atoms with Crippen LogP contribution in [-0.2, 0) is 14.8 Å². The monoisotopic (exact) mass is 430 g/mol. The van der Waals surface area contributed by atoms with Gasteiger partial charge in [-0.2, -0.15) is 4.31 Å². The smallest absolute Gasteiger partial charge is 0.308 e. The van der Waals surface area contributed by atoms with Gasteiger partial charge in [0.1, 0.15) is 5.75 Å². The zero-order chi connectivity index (χ0) is 21.9. The minimum absolute atomic E-state index is 0.0342. The van der Waals surface area contributed by atoms with Crippen LogP contribution in [-0.4, -0.2) is 36.7 Å². The van der Waals surface area contributed by atoms with Crippen LogP contribution in [0.3, 0.4) is 0 Å². The fraction of sp³-hybridized carbons (Fsp3) is 0.364. The number of anilines is 1. The molecule has 30 heavy (non-hydrogen) atoms. The first-order valence-electron chi connectivity index (χ1n) is 9.92. The Balaban J connectivity index is 1.71. The van der Waals surface area contributed by atoms with Crippen molar-refractivity contribution in [1.29, 1.82) is 0 Å². The zero-order valence-electron chi connectivity index (χ0n) is 17.3. The summed E-state index contributed by atoms with van der Waals surface area (Å²) in [5.74, 6) is -0.427. The number of piperidine rings is 1. The molecule has 0 radical (unpaired) electrons. The molecule has 1 saturated heterocycles. The number of nitrogens with zero attached hydrogens (tertiary/aromatic N) is 1. The largest absolute Gasteiger partial charge is 0.427 e. The van der Waals surface area contributed by atoms with Gasteiger partial charge in [0.25, 0.3) is 5.91 Å². The Morgan fingerprint density at radius 3 is 2.07 bits per heavy atom. The molecule has 2 unspecified atom stereocenters. The van der Waals surface area contributed by atoms with Crippen molar-refractivity contribution in [3.05, 3.63) is 54.1 Å². The van der Waals surface area contributed by atoms with Crippen molar-refractivity contribution in [2.75, 3.05) is 5.32 Å². The summed E-state index contributed by atoms with van der Waals surface area (Å²) < 4.78 is 32.7. The molecule has 8 heteroatoms. The lowest BCUT2D eigenvalue weighted by atomic mass is 10.0. The Morgan fingerprint density at radius 2 is 1.53 bits per heavy atom. The molecular formula is C22H26N2O5S. The van der Waals surface area contributed by atoms with Crippen LogP contribution in [0.5, 0.6) is 5.75 Å². The first-order chi connectivity index (χ1) is 14.2. The van der Waals surface area contributed by atoms with Gasteiger partial charge in [0, 0.05) is 30.3 Å². The number of esters is 1. The molecule has 2 atom stereocenters. The fourth-order valence-corrected chi connectivity index (χ4v) is 5.63. The second-order valence-corrected chi connectivity index (χ2v) is 9.40. The molecule has 1 heterocycles. The van der Waals surface area contributed by atoms with Gasteiger partial charge in [-0.15, -0.1) is 0 Å². The summed E-state index contributed by atoms with van der Waals surface area (Å²) in [7, 11) is -3.59. The number of sulfonamides is 1. The van der Waals surface area contributed by atoms with Crippen molar-refractivity contribution < 1.29 is 22.7 Å². The van der Waals surface area contributed by atoms with Gasteiger partial charge in [-0.3, -0.25) is 9.59 Å². The van der Waals surface area contributed by atoms with Gasteiger partial charge < -0.3 is 10.1 Å². The minimum atomic E-state index is -3.59. The maximum Gasteiger partial charge on any atom is 0.308 e. The van der Waals surface area contributed by atoms with Crippen molar-refractivity contribution >= 4 is 27.6 Å². The van der Waals surface area contributed by atoms with Crippen LogP contribution in [0, 0.1) is 0 Å². The van der Waals surface area contributed by atoms with Gasteiger partial charge in [0.2, 0.25) is 10.0 Å². The van der Waals surface area contributed by atoms with Crippen molar-refractivity contribution in [3.8, 4) is 5.75 Å². The summed E-state index contributed by atoms with van der Waals surface area (Å²) >= 11 is 0.